The van der Waals surface area contributed by atoms with Crippen LogP contribution in [0, 0.1) is 21.4 Å². The van der Waals surface area contributed by atoms with Crippen molar-refractivity contribution in [1.29, 1.82) is 0 Å². The van der Waals surface area contributed by atoms with Gasteiger partial charge in [0.1, 0.15) is 24.1 Å². The molecule has 0 bridgehead atoms. The van der Waals surface area contributed by atoms with Crippen LogP contribution in [0.2, 0.25) is 0 Å². The lowest BCUT2D eigenvalue weighted by Crippen LogP contribution is -2.54. The van der Waals surface area contributed by atoms with E-state index in [2.05, 4.69) is 67.9 Å². The number of nitro benzene ring substituents is 1. The van der Waals surface area contributed by atoms with Gasteiger partial charge in [-0.25, -0.2) is 21.6 Å². The van der Waals surface area contributed by atoms with Crippen LogP contribution in [-0.2, 0) is 19.9 Å². The van der Waals surface area contributed by atoms with Crippen molar-refractivity contribution in [3.05, 3.63) is 99.7 Å². The highest BCUT2D eigenvalue weighted by Crippen LogP contribution is 2.55. The van der Waals surface area contributed by atoms with Crippen LogP contribution in [0.4, 0.5) is 17.1 Å². The second-order valence-corrected chi connectivity index (χ2v) is 26.2. The Labute approximate surface area is 431 Å². The number of benzene rings is 3. The Balaban J connectivity index is 0.851. The number of aromatic nitrogens is 2. The summed E-state index contributed by atoms with van der Waals surface area (Å²) in [5.74, 6) is -0.745. The number of H-pyrrole nitrogens is 1. The largest absolute Gasteiger partial charge is 0.489 e. The highest BCUT2D eigenvalue weighted by atomic mass is 32.2. The molecule has 394 valence electrons. The number of likely N-dealkylation sites (tertiary alicyclic amines) is 1. The van der Waals surface area contributed by atoms with E-state index in [1.165, 1.54) is 36.1 Å². The molecule has 0 radical (unpaired) electrons. The number of aliphatic hydroxyl groups is 1. The van der Waals surface area contributed by atoms with E-state index >= 15 is 0 Å². The Kier molecular flexibility index (Phi) is 13.1. The van der Waals surface area contributed by atoms with Crippen molar-refractivity contribution < 1.29 is 45.9 Å². The molecule has 20 heteroatoms. The highest BCUT2D eigenvalue weighted by molar-refractivity contribution is 7.91. The maximum absolute atomic E-state index is 14.4. The number of hydrogen-bond donors (Lipinski definition) is 4. The first-order valence-corrected chi connectivity index (χ1v) is 29.4. The third-order valence-electron chi connectivity index (χ3n) is 16.8. The third-order valence-corrected chi connectivity index (χ3v) is 19.9. The molecule has 1 amide bonds. The molecule has 6 heterocycles. The molecule has 3 atom stereocenters. The molecule has 3 aromatic carbocycles. The fourth-order valence-electron chi connectivity index (χ4n) is 12.6. The summed E-state index contributed by atoms with van der Waals surface area (Å²) in [7, 11) is -8.10. The van der Waals surface area contributed by atoms with Gasteiger partial charge in [-0.3, -0.25) is 19.8 Å². The van der Waals surface area contributed by atoms with Gasteiger partial charge in [0.15, 0.2) is 27.0 Å². The quantitative estimate of drug-likeness (QED) is 0.0637. The number of piperidine rings is 1. The lowest BCUT2D eigenvalue weighted by atomic mass is 9.59. The van der Waals surface area contributed by atoms with Gasteiger partial charge in [0, 0.05) is 60.6 Å². The molecule has 74 heavy (non-hydrogen) atoms. The number of aromatic amines is 1. The van der Waals surface area contributed by atoms with E-state index < -0.39 is 53.0 Å². The average molecular weight is 1050 g/mol. The molecule has 1 unspecified atom stereocenters. The van der Waals surface area contributed by atoms with E-state index in [1.54, 1.807) is 37.4 Å². The number of ether oxygens (including phenoxy) is 3. The summed E-state index contributed by atoms with van der Waals surface area (Å²) in [4.78, 5) is 38.4. The lowest BCUT2D eigenvalue weighted by molar-refractivity contribution is -0.384. The molecule has 5 aromatic rings. The topological polar surface area (TPSA) is 236 Å². The van der Waals surface area contributed by atoms with Gasteiger partial charge in [0.25, 0.3) is 27.5 Å². The third kappa shape index (κ3) is 10.0. The maximum atomic E-state index is 14.4. The van der Waals surface area contributed by atoms with Gasteiger partial charge in [-0.05, 0) is 137 Å². The van der Waals surface area contributed by atoms with Gasteiger partial charge in [-0.15, -0.1) is 0 Å². The second-order valence-electron chi connectivity index (χ2n) is 22.3. The molecular formula is C54H65N7O11S2. The van der Waals surface area contributed by atoms with Crippen molar-refractivity contribution in [3.63, 3.8) is 0 Å². The number of nitro groups is 1. The number of anilines is 2. The Morgan fingerprint density at radius 2 is 1.76 bits per heavy atom. The van der Waals surface area contributed by atoms with E-state index in [-0.39, 0.29) is 76.3 Å². The summed E-state index contributed by atoms with van der Waals surface area (Å²) in [6.07, 6.45) is 10.4. The summed E-state index contributed by atoms with van der Waals surface area (Å²) in [6.45, 7) is 9.08. The molecular weight excluding hydrogens is 987 g/mol. The van der Waals surface area contributed by atoms with Crippen molar-refractivity contribution in [1.82, 2.24) is 19.6 Å². The number of amides is 1. The van der Waals surface area contributed by atoms with E-state index in [9.17, 15) is 36.9 Å². The minimum atomic E-state index is -4.77. The number of nitrogens with zero attached hydrogens (tertiary/aromatic N) is 4. The number of sulfone groups is 1. The number of sulfonamides is 1. The molecule has 2 saturated carbocycles. The van der Waals surface area contributed by atoms with Crippen LogP contribution >= 0.6 is 0 Å². The summed E-state index contributed by atoms with van der Waals surface area (Å²) < 4.78 is 74.3. The maximum Gasteiger partial charge on any atom is 0.297 e. The van der Waals surface area contributed by atoms with Gasteiger partial charge in [-0.2, -0.15) is 4.98 Å². The molecule has 5 fully saturated rings. The number of rotatable bonds is 13. The average Bonchev–Trinajstić information content (AvgIpc) is 4.12. The first kappa shape index (κ1) is 50.2. The van der Waals surface area contributed by atoms with Crippen molar-refractivity contribution in [2.75, 3.05) is 48.0 Å². The molecule has 4 aliphatic heterocycles. The first-order chi connectivity index (χ1) is 35.3. The number of fused-ring (bicyclic) bond motifs is 2. The van der Waals surface area contributed by atoms with Gasteiger partial charge in [0.05, 0.1) is 38.5 Å². The predicted octanol–water partition coefficient (Wildman–Crippen LogP) is 8.77. The zero-order chi connectivity index (χ0) is 51.7. The molecule has 11 rings (SSSR count). The van der Waals surface area contributed by atoms with Gasteiger partial charge in [0.2, 0.25) is 0 Å². The fraction of sp³-hybridized carbons (Fsp3) is 0.519. The van der Waals surface area contributed by atoms with Crippen LogP contribution in [0.5, 0.6) is 23.1 Å². The predicted molar refractivity (Wildman–Crippen MR) is 280 cm³/mol. The Morgan fingerprint density at radius 3 is 2.49 bits per heavy atom. The summed E-state index contributed by atoms with van der Waals surface area (Å²) in [5, 5.41) is 26.9. The number of hydrogen-bond acceptors (Lipinski definition) is 15. The molecule has 6 aliphatic rings. The minimum absolute atomic E-state index is 0.00797. The van der Waals surface area contributed by atoms with E-state index in [4.69, 9.17) is 14.2 Å². The standard InChI is InChI=1S/C54H65N7O11S2/c1-33(2)40-7-4-5-8-41(40)44-9-6-21-60(44)37-29-54(30-37)18-22-59(23-19-54)36-10-11-42(46(26-36)72-48-25-35-14-20-55-50(35)57-52(48)71-38-15-24-73(66,67)32-38)51(62)58-74(68,69)39-27-45(61(64)65)49-47(28-39)70-31-43(56-49)34-12-16-53(3,63)17-13-34/h4-5,7-8,10-11,14,20,25-28,33-34,37-38,43-44,56,63H,6,9,12-13,15-19,21-24,29-32H2,1-3H3,(H,55,57)(H,58,62)/t34?,38?,43-,44+,53?/m1/s1. The molecule has 3 saturated heterocycles. The van der Waals surface area contributed by atoms with Crippen molar-refractivity contribution >= 4 is 53.9 Å². The smallest absolute Gasteiger partial charge is 0.297 e. The monoisotopic (exact) mass is 1050 g/mol. The van der Waals surface area contributed by atoms with E-state index in [0.29, 0.717) is 54.7 Å². The molecule has 1 spiro atoms. The van der Waals surface area contributed by atoms with Crippen molar-refractivity contribution in [2.24, 2.45) is 11.3 Å². The molecule has 18 nitrogen and oxygen atoms in total. The normalized spacial score (nSPS) is 25.8. The van der Waals surface area contributed by atoms with Crippen LogP contribution in [0.1, 0.15) is 125 Å². The Hall–Kier alpha value is -5.96. The van der Waals surface area contributed by atoms with Crippen molar-refractivity contribution in [3.8, 4) is 23.1 Å². The SMILES string of the molecule is CC(C)c1ccccc1[C@@H]1CCCN1C1CC2(CCN(c3ccc(C(=O)NS(=O)(=O)c4cc5c(c([N+](=O)[O-])c4)N[C@@H](C4CCC(C)(O)CC4)CO5)c(Oc4cc5cc[nH]c5nc4OC4CCS(=O)(=O)C4)c3)CC2)C1. The van der Waals surface area contributed by atoms with E-state index in [0.717, 1.165) is 57.1 Å². The number of carbonyl (C=O) groups is 1. The van der Waals surface area contributed by atoms with Gasteiger partial charge in [-0.1, -0.05) is 38.1 Å². The molecule has 2 aromatic heterocycles. The van der Waals surface area contributed by atoms with Crippen molar-refractivity contribution in [2.45, 2.75) is 132 Å². The second kappa shape index (κ2) is 19.3. The van der Waals surface area contributed by atoms with Crippen LogP contribution in [-0.4, -0.2) is 109 Å². The van der Waals surface area contributed by atoms with Crippen LogP contribution < -0.4 is 29.1 Å². The van der Waals surface area contributed by atoms with Gasteiger partial charge < -0.3 is 34.5 Å². The van der Waals surface area contributed by atoms with E-state index in [1.807, 2.05) is 0 Å². The summed E-state index contributed by atoms with van der Waals surface area (Å²) >= 11 is 0. The van der Waals surface area contributed by atoms with Crippen LogP contribution in [0.15, 0.2) is 77.8 Å². The van der Waals surface area contributed by atoms with Gasteiger partial charge >= 0.3 is 0 Å². The summed E-state index contributed by atoms with van der Waals surface area (Å²) in [6, 6.07) is 20.1. The number of carbonyl (C=O) groups excluding carboxylic acids is 1. The zero-order valence-electron chi connectivity index (χ0n) is 42.0. The number of nitrogens with one attached hydrogen (secondary N) is 3. The minimum Gasteiger partial charge on any atom is -0.489 e. The van der Waals surface area contributed by atoms with Crippen LogP contribution in [0.25, 0.3) is 11.0 Å². The first-order valence-electron chi connectivity index (χ1n) is 26.1. The fourth-order valence-corrected chi connectivity index (χ4v) is 15.2. The van der Waals surface area contributed by atoms with Crippen LogP contribution in [0.3, 0.4) is 0 Å². The Morgan fingerprint density at radius 1 is 0.986 bits per heavy atom. The summed E-state index contributed by atoms with van der Waals surface area (Å²) in [5.41, 5.74) is 2.93. The zero-order valence-corrected chi connectivity index (χ0v) is 43.7. The Bertz CT molecular complexity index is 3210. The lowest BCUT2D eigenvalue weighted by Gasteiger charge is -2.56. The molecule has 2 aliphatic carbocycles. The highest BCUT2D eigenvalue weighted by Gasteiger charge is 2.50. The number of pyridine rings is 1. The molecule has 4 N–H and O–H groups in total.